The average molecular weight is 287 g/mol. The van der Waals surface area contributed by atoms with Gasteiger partial charge in [-0.2, -0.15) is 0 Å². The summed E-state index contributed by atoms with van der Waals surface area (Å²) in [7, 11) is 0. The van der Waals surface area contributed by atoms with E-state index < -0.39 is 0 Å². The maximum absolute atomic E-state index is 6.23. The van der Waals surface area contributed by atoms with Crippen molar-refractivity contribution in [1.29, 1.82) is 0 Å². The van der Waals surface area contributed by atoms with Gasteiger partial charge in [0.2, 0.25) is 0 Å². The van der Waals surface area contributed by atoms with E-state index in [4.69, 9.17) is 10.5 Å². The predicted octanol–water partition coefficient (Wildman–Crippen LogP) is 4.25. The molecule has 0 bridgehead atoms. The van der Waals surface area contributed by atoms with Crippen molar-refractivity contribution < 1.29 is 4.74 Å². The summed E-state index contributed by atoms with van der Waals surface area (Å²) in [6, 6.07) is 10.8. The lowest BCUT2D eigenvalue weighted by Crippen LogP contribution is -2.42. The first-order valence-electron chi connectivity index (χ1n) is 8.70. The molecular weight excluding hydrogens is 258 g/mol. The topological polar surface area (TPSA) is 35.2 Å². The van der Waals surface area contributed by atoms with E-state index >= 15 is 0 Å². The van der Waals surface area contributed by atoms with E-state index in [0.717, 1.165) is 19.1 Å². The quantitative estimate of drug-likeness (QED) is 0.898. The second kappa shape index (κ2) is 6.93. The molecule has 2 aliphatic rings. The van der Waals surface area contributed by atoms with Crippen molar-refractivity contribution in [3.8, 4) is 0 Å². The van der Waals surface area contributed by atoms with Gasteiger partial charge in [-0.25, -0.2) is 0 Å². The molecule has 1 aromatic carbocycles. The van der Waals surface area contributed by atoms with Crippen molar-refractivity contribution in [3.63, 3.8) is 0 Å². The third kappa shape index (κ3) is 3.67. The highest BCUT2D eigenvalue weighted by molar-refractivity contribution is 5.20. The van der Waals surface area contributed by atoms with E-state index in [1.165, 1.54) is 56.9 Å². The molecule has 21 heavy (non-hydrogen) atoms. The summed E-state index contributed by atoms with van der Waals surface area (Å²) >= 11 is 0. The van der Waals surface area contributed by atoms with Gasteiger partial charge in [0, 0.05) is 6.61 Å². The van der Waals surface area contributed by atoms with Gasteiger partial charge in [0.25, 0.3) is 0 Å². The van der Waals surface area contributed by atoms with Crippen LogP contribution in [0.4, 0.5) is 0 Å². The minimum Gasteiger partial charge on any atom is -0.375 e. The molecule has 1 heterocycles. The molecule has 0 radical (unpaired) electrons. The first-order chi connectivity index (χ1) is 10.3. The van der Waals surface area contributed by atoms with Crippen LogP contribution in [0.3, 0.4) is 0 Å². The highest BCUT2D eigenvalue weighted by Crippen LogP contribution is 2.43. The zero-order valence-corrected chi connectivity index (χ0v) is 13.1. The highest BCUT2D eigenvalue weighted by Gasteiger charge is 2.38. The van der Waals surface area contributed by atoms with E-state index in [9.17, 15) is 0 Å². The zero-order valence-electron chi connectivity index (χ0n) is 13.1. The molecule has 1 aromatic rings. The van der Waals surface area contributed by atoms with Gasteiger partial charge in [0.15, 0.2) is 0 Å². The number of nitrogens with two attached hydrogens (primary N) is 1. The predicted molar refractivity (Wildman–Crippen MR) is 87.3 cm³/mol. The second-order valence-electron chi connectivity index (χ2n) is 7.03. The Kier molecular flexibility index (Phi) is 4.97. The van der Waals surface area contributed by atoms with Gasteiger partial charge in [-0.15, -0.1) is 0 Å². The Balaban J connectivity index is 1.63. The van der Waals surface area contributed by atoms with Crippen molar-refractivity contribution in [2.24, 2.45) is 11.7 Å². The third-order valence-corrected chi connectivity index (χ3v) is 5.53. The molecular formula is C19H29NO. The summed E-state index contributed by atoms with van der Waals surface area (Å²) in [6.07, 6.45) is 10.4. The van der Waals surface area contributed by atoms with Crippen molar-refractivity contribution in [3.05, 3.63) is 35.9 Å². The van der Waals surface area contributed by atoms with E-state index in [1.54, 1.807) is 0 Å². The van der Waals surface area contributed by atoms with Crippen LogP contribution in [-0.2, 0) is 4.74 Å². The Morgan fingerprint density at radius 2 is 1.90 bits per heavy atom. The molecule has 2 fully saturated rings. The monoisotopic (exact) mass is 287 g/mol. The van der Waals surface area contributed by atoms with Crippen LogP contribution in [0.2, 0.25) is 0 Å². The number of rotatable bonds is 4. The summed E-state index contributed by atoms with van der Waals surface area (Å²) in [6.45, 7) is 1.71. The van der Waals surface area contributed by atoms with Crippen LogP contribution < -0.4 is 5.73 Å². The lowest BCUT2D eigenvalue weighted by Gasteiger charge is -2.44. The molecule has 2 nitrogen and oxygen atoms in total. The van der Waals surface area contributed by atoms with Gasteiger partial charge in [-0.05, 0) is 56.0 Å². The Labute approximate surface area is 129 Å². The Morgan fingerprint density at radius 3 is 2.62 bits per heavy atom. The van der Waals surface area contributed by atoms with Gasteiger partial charge < -0.3 is 10.5 Å². The number of ether oxygens (including phenoxy) is 1. The van der Waals surface area contributed by atoms with Gasteiger partial charge in [0.1, 0.15) is 0 Å². The van der Waals surface area contributed by atoms with E-state index in [2.05, 4.69) is 30.3 Å². The van der Waals surface area contributed by atoms with Crippen LogP contribution in [0.1, 0.15) is 62.8 Å². The molecule has 1 aliphatic heterocycles. The summed E-state index contributed by atoms with van der Waals surface area (Å²) in [4.78, 5) is 0. The average Bonchev–Trinajstić information content (AvgIpc) is 2.54. The van der Waals surface area contributed by atoms with Crippen LogP contribution in [0.25, 0.3) is 0 Å². The molecule has 2 N–H and O–H groups in total. The molecule has 2 unspecified atom stereocenters. The molecule has 1 aliphatic carbocycles. The van der Waals surface area contributed by atoms with Gasteiger partial charge in [0.05, 0.1) is 5.60 Å². The lowest BCUT2D eigenvalue weighted by molar-refractivity contribution is -0.118. The van der Waals surface area contributed by atoms with E-state index in [0.29, 0.717) is 5.92 Å². The Bertz CT molecular complexity index is 419. The number of benzene rings is 1. The fourth-order valence-corrected chi connectivity index (χ4v) is 4.37. The lowest BCUT2D eigenvalue weighted by atomic mass is 9.73. The van der Waals surface area contributed by atoms with Crippen LogP contribution in [0.15, 0.2) is 30.3 Å². The van der Waals surface area contributed by atoms with Crippen LogP contribution >= 0.6 is 0 Å². The van der Waals surface area contributed by atoms with Crippen LogP contribution in [-0.4, -0.2) is 18.8 Å². The first kappa shape index (κ1) is 15.1. The summed E-state index contributed by atoms with van der Waals surface area (Å²) in [5.41, 5.74) is 7.69. The molecule has 1 saturated carbocycles. The molecule has 1 saturated heterocycles. The maximum Gasteiger partial charge on any atom is 0.0685 e. The Morgan fingerprint density at radius 1 is 1.14 bits per heavy atom. The molecule has 3 rings (SSSR count). The van der Waals surface area contributed by atoms with E-state index in [1.807, 2.05) is 0 Å². The Hall–Kier alpha value is -0.860. The third-order valence-electron chi connectivity index (χ3n) is 5.53. The maximum atomic E-state index is 6.23. The van der Waals surface area contributed by atoms with Crippen LogP contribution in [0.5, 0.6) is 0 Å². The van der Waals surface area contributed by atoms with Crippen LogP contribution in [0, 0.1) is 5.92 Å². The van der Waals surface area contributed by atoms with Crippen molar-refractivity contribution in [1.82, 2.24) is 0 Å². The van der Waals surface area contributed by atoms with Crippen molar-refractivity contribution in [2.75, 3.05) is 13.2 Å². The second-order valence-corrected chi connectivity index (χ2v) is 7.03. The fourth-order valence-electron chi connectivity index (χ4n) is 4.37. The molecule has 2 atom stereocenters. The zero-order chi connectivity index (χ0) is 14.5. The summed E-state index contributed by atoms with van der Waals surface area (Å²) in [5, 5.41) is 0. The largest absolute Gasteiger partial charge is 0.375 e. The van der Waals surface area contributed by atoms with Crippen molar-refractivity contribution in [2.45, 2.75) is 62.9 Å². The molecule has 1 spiro atoms. The molecule has 2 heteroatoms. The molecule has 116 valence electrons. The standard InChI is InChI=1S/C19H29NO/c20-15-18(17-7-3-1-4-8-17)13-16-9-12-21-19(14-16)10-5-2-6-11-19/h1,3-4,7-8,16,18H,2,5-6,9-15,20H2. The number of hydrogen-bond donors (Lipinski definition) is 1. The van der Waals surface area contributed by atoms with Gasteiger partial charge in [-0.3, -0.25) is 0 Å². The highest BCUT2D eigenvalue weighted by atomic mass is 16.5. The summed E-state index contributed by atoms with van der Waals surface area (Å²) in [5.74, 6) is 1.29. The minimum absolute atomic E-state index is 0.219. The van der Waals surface area contributed by atoms with Gasteiger partial charge in [-0.1, -0.05) is 49.6 Å². The SMILES string of the molecule is NCC(CC1CCOC2(CCCCC2)C1)c1ccccc1. The minimum atomic E-state index is 0.219. The van der Waals surface area contributed by atoms with Gasteiger partial charge >= 0.3 is 0 Å². The van der Waals surface area contributed by atoms with E-state index in [-0.39, 0.29) is 5.60 Å². The molecule has 0 amide bonds. The smallest absolute Gasteiger partial charge is 0.0685 e. The normalized spacial score (nSPS) is 26.6. The number of hydrogen-bond acceptors (Lipinski definition) is 2. The molecule has 0 aromatic heterocycles. The summed E-state index contributed by atoms with van der Waals surface area (Å²) < 4.78 is 6.23. The van der Waals surface area contributed by atoms with Crippen molar-refractivity contribution >= 4 is 0 Å². The fraction of sp³-hybridized carbons (Fsp3) is 0.684. The first-order valence-corrected chi connectivity index (χ1v) is 8.70.